The van der Waals surface area contributed by atoms with E-state index >= 15 is 0 Å². The van der Waals surface area contributed by atoms with Gasteiger partial charge in [-0.15, -0.1) is 0 Å². The molecule has 1 heterocycles. The second kappa shape index (κ2) is 7.40. The van der Waals surface area contributed by atoms with Crippen LogP contribution in [-0.2, 0) is 16.5 Å². The number of nitrogens with zero attached hydrogens (tertiary/aromatic N) is 3. The van der Waals surface area contributed by atoms with Crippen molar-refractivity contribution in [1.82, 2.24) is 0 Å². The van der Waals surface area contributed by atoms with Crippen LogP contribution in [0, 0.1) is 6.92 Å². The van der Waals surface area contributed by atoms with Gasteiger partial charge in [-0.1, -0.05) is 35.9 Å². The van der Waals surface area contributed by atoms with Crippen molar-refractivity contribution in [3.05, 3.63) is 65.2 Å². The number of benzene rings is 2. The van der Waals surface area contributed by atoms with Gasteiger partial charge in [-0.05, 0) is 30.7 Å². The number of aryl methyl sites for hydroxylation is 1. The number of rotatable bonds is 1. The maximum atomic E-state index is 10.5. The van der Waals surface area contributed by atoms with Crippen LogP contribution in [-0.4, -0.2) is 37.1 Å². The monoisotopic (exact) mass is 345 g/mol. The van der Waals surface area contributed by atoms with Crippen molar-refractivity contribution < 1.29 is 17.8 Å². The Labute approximate surface area is 141 Å². The zero-order valence-corrected chi connectivity index (χ0v) is 14.4. The first kappa shape index (κ1) is 17.9. The minimum Gasteiger partial charge on any atom is -0.363 e. The van der Waals surface area contributed by atoms with E-state index in [1.54, 1.807) is 12.1 Å². The number of fused-ring (bicyclic) bond motifs is 1. The lowest BCUT2D eigenvalue weighted by atomic mass is 10.0. The van der Waals surface area contributed by atoms with Crippen LogP contribution in [0.3, 0.4) is 0 Å². The van der Waals surface area contributed by atoms with Crippen molar-refractivity contribution >= 4 is 21.5 Å². The molecule has 24 heavy (non-hydrogen) atoms. The minimum atomic E-state index is -4.02. The molecule has 2 aromatic carbocycles. The topological polar surface area (TPSA) is 94.0 Å². The van der Waals surface area contributed by atoms with Gasteiger partial charge in [0, 0.05) is 12.7 Å². The van der Waals surface area contributed by atoms with E-state index < -0.39 is 10.1 Å². The van der Waals surface area contributed by atoms with E-state index in [4.69, 9.17) is 10.1 Å². The molecule has 1 aliphatic heterocycles. The summed E-state index contributed by atoms with van der Waals surface area (Å²) in [6.07, 6.45) is 0.761. The van der Waals surface area contributed by atoms with Crippen LogP contribution in [0.4, 0.5) is 5.69 Å². The Morgan fingerprint density at radius 2 is 1.75 bits per heavy atom. The van der Waals surface area contributed by atoms with Crippen molar-refractivity contribution in [2.75, 3.05) is 18.5 Å². The summed E-state index contributed by atoms with van der Waals surface area (Å²) in [5, 5.41) is 0. The van der Waals surface area contributed by atoms with Crippen LogP contribution in [0.1, 0.15) is 11.1 Å². The van der Waals surface area contributed by atoms with E-state index in [1.165, 1.54) is 23.4 Å². The van der Waals surface area contributed by atoms with E-state index in [-0.39, 0.29) is 4.90 Å². The van der Waals surface area contributed by atoms with Crippen molar-refractivity contribution in [3.8, 4) is 0 Å². The summed E-state index contributed by atoms with van der Waals surface area (Å²) in [5.74, 6) is 0. The van der Waals surface area contributed by atoms with Gasteiger partial charge in [-0.3, -0.25) is 4.55 Å². The predicted octanol–water partition coefficient (Wildman–Crippen LogP) is 2.59. The maximum absolute atomic E-state index is 10.5. The molecule has 0 aromatic heterocycles. The third-order valence-electron chi connectivity index (χ3n) is 3.68. The number of hydrogen-bond acceptors (Lipinski definition) is 3. The zero-order chi connectivity index (χ0) is 17.7. The summed E-state index contributed by atoms with van der Waals surface area (Å²) in [6.45, 7) is 2.56. The molecule has 0 saturated carbocycles. The summed E-state index contributed by atoms with van der Waals surface area (Å²) in [6, 6.07) is 14.2. The molecule has 0 fully saturated rings. The molecule has 7 heteroatoms. The molecule has 6 nitrogen and oxygen atoms in total. The molecule has 0 unspecified atom stereocenters. The standard InChI is InChI=1S/C10H11N3.C7H8O3S/c1-13-7-9(12-11)6-8-4-2-3-5-10(8)13;1-6-2-4-7(5-3-6)11(8,9)10/h2-5H,6-7H2,1H3;2-5H,1H3,(H,8,9,10). The molecular formula is C17H19N3O3S. The Kier molecular flexibility index (Phi) is 5.51. The molecule has 1 N–H and O–H groups in total. The highest BCUT2D eigenvalue weighted by atomic mass is 32.2. The van der Waals surface area contributed by atoms with Gasteiger partial charge in [0.05, 0.1) is 11.3 Å². The van der Waals surface area contributed by atoms with Gasteiger partial charge in [0.2, 0.25) is 0 Å². The molecule has 3 rings (SSSR count). The molecule has 0 aliphatic carbocycles. The fourth-order valence-corrected chi connectivity index (χ4v) is 2.92. The van der Waals surface area contributed by atoms with E-state index in [1.807, 2.05) is 26.1 Å². The zero-order valence-electron chi connectivity index (χ0n) is 13.5. The van der Waals surface area contributed by atoms with Crippen LogP contribution in [0.2, 0.25) is 0 Å². The number of anilines is 1. The minimum absolute atomic E-state index is 0.0666. The van der Waals surface area contributed by atoms with E-state index in [2.05, 4.69) is 21.8 Å². The first-order valence-corrected chi connectivity index (χ1v) is 8.78. The Morgan fingerprint density at radius 1 is 1.12 bits per heavy atom. The largest absolute Gasteiger partial charge is 0.363 e. The van der Waals surface area contributed by atoms with E-state index in [9.17, 15) is 8.42 Å². The van der Waals surface area contributed by atoms with Crippen molar-refractivity contribution in [1.29, 1.82) is 0 Å². The molecular weight excluding hydrogens is 326 g/mol. The van der Waals surface area contributed by atoms with Gasteiger partial charge in [0.1, 0.15) is 6.54 Å². The highest BCUT2D eigenvalue weighted by Crippen LogP contribution is 2.23. The average Bonchev–Trinajstić information content (AvgIpc) is 2.55. The smallest absolute Gasteiger partial charge is 0.294 e. The maximum Gasteiger partial charge on any atom is 0.294 e. The summed E-state index contributed by atoms with van der Waals surface area (Å²) in [7, 11) is -2.02. The lowest BCUT2D eigenvalue weighted by Gasteiger charge is -2.24. The first-order valence-electron chi connectivity index (χ1n) is 7.34. The molecule has 0 bridgehead atoms. The Bertz CT molecular complexity index is 870. The molecule has 1 aliphatic rings. The lowest BCUT2D eigenvalue weighted by Crippen LogP contribution is -2.32. The van der Waals surface area contributed by atoms with E-state index in [0.717, 1.165) is 17.7 Å². The van der Waals surface area contributed by atoms with Gasteiger partial charge in [-0.2, -0.15) is 13.2 Å². The summed E-state index contributed by atoms with van der Waals surface area (Å²) < 4.78 is 29.6. The van der Waals surface area contributed by atoms with Gasteiger partial charge >= 0.3 is 0 Å². The fraction of sp³-hybridized carbons (Fsp3) is 0.235. The number of para-hydroxylation sites is 1. The molecule has 0 atom stereocenters. The normalized spacial score (nSPS) is 13.5. The third kappa shape index (κ3) is 4.52. The fourth-order valence-electron chi connectivity index (χ4n) is 2.44. The lowest BCUT2D eigenvalue weighted by molar-refractivity contribution is -0.00938. The Balaban J connectivity index is 0.000000177. The van der Waals surface area contributed by atoms with Gasteiger partial charge < -0.3 is 10.4 Å². The Hall–Kier alpha value is -2.47. The molecule has 0 saturated heterocycles. The Morgan fingerprint density at radius 3 is 2.33 bits per heavy atom. The van der Waals surface area contributed by atoms with E-state index in [0.29, 0.717) is 6.54 Å². The molecule has 0 amide bonds. The van der Waals surface area contributed by atoms with Gasteiger partial charge in [-0.25, -0.2) is 0 Å². The van der Waals surface area contributed by atoms with Crippen LogP contribution in [0.5, 0.6) is 0 Å². The van der Waals surface area contributed by atoms with Crippen molar-refractivity contribution in [2.24, 2.45) is 0 Å². The molecule has 0 radical (unpaired) electrons. The highest BCUT2D eigenvalue weighted by molar-refractivity contribution is 7.85. The van der Waals surface area contributed by atoms with Gasteiger partial charge in [0.15, 0.2) is 0 Å². The average molecular weight is 345 g/mol. The summed E-state index contributed by atoms with van der Waals surface area (Å²) in [4.78, 5) is 5.30. The SMILES string of the molecule is CN1CC(=[N+]=[N-])Cc2ccccc21.Cc1ccc(S(=O)(=O)O)cc1. The van der Waals surface area contributed by atoms with Crippen molar-refractivity contribution in [3.63, 3.8) is 0 Å². The molecule has 126 valence electrons. The van der Waals surface area contributed by atoms with Crippen LogP contribution >= 0.6 is 0 Å². The second-order valence-corrected chi connectivity index (χ2v) is 7.04. The quantitative estimate of drug-likeness (QED) is 0.488. The number of hydrogen-bond donors (Lipinski definition) is 1. The predicted molar refractivity (Wildman–Crippen MR) is 93.0 cm³/mol. The summed E-state index contributed by atoms with van der Waals surface area (Å²) in [5.41, 5.74) is 12.9. The van der Waals surface area contributed by atoms with Gasteiger partial charge in [0.25, 0.3) is 15.8 Å². The molecule has 0 spiro atoms. The summed E-state index contributed by atoms with van der Waals surface area (Å²) >= 11 is 0. The van der Waals surface area contributed by atoms with Crippen LogP contribution in [0.25, 0.3) is 5.53 Å². The van der Waals surface area contributed by atoms with Crippen LogP contribution < -0.4 is 4.90 Å². The highest BCUT2D eigenvalue weighted by Gasteiger charge is 2.22. The second-order valence-electron chi connectivity index (χ2n) is 5.62. The van der Waals surface area contributed by atoms with Crippen LogP contribution in [0.15, 0.2) is 53.4 Å². The van der Waals surface area contributed by atoms with Crippen molar-refractivity contribution in [2.45, 2.75) is 18.2 Å². The molecule has 2 aromatic rings. The first-order chi connectivity index (χ1) is 11.3. The third-order valence-corrected chi connectivity index (χ3v) is 4.55.